The van der Waals surface area contributed by atoms with Crippen LogP contribution in [0.5, 0.6) is 0 Å². The molecular weight excluding hydrogens is 234 g/mol. The summed E-state index contributed by atoms with van der Waals surface area (Å²) in [5, 5.41) is 0. The van der Waals surface area contributed by atoms with E-state index in [1.165, 1.54) is 11.1 Å². The number of aryl methyl sites for hydroxylation is 1. The van der Waals surface area contributed by atoms with Crippen molar-refractivity contribution >= 4 is 5.69 Å². The summed E-state index contributed by atoms with van der Waals surface area (Å²) < 4.78 is 0. The Morgan fingerprint density at radius 1 is 1.16 bits per heavy atom. The highest BCUT2D eigenvalue weighted by atomic mass is 14.7. The van der Waals surface area contributed by atoms with Crippen molar-refractivity contribution in [2.75, 3.05) is 5.73 Å². The van der Waals surface area contributed by atoms with Crippen molar-refractivity contribution in [3.05, 3.63) is 59.4 Å². The van der Waals surface area contributed by atoms with Gasteiger partial charge in [0.1, 0.15) is 0 Å². The Kier molecular flexibility index (Phi) is 3.22. The van der Waals surface area contributed by atoms with Gasteiger partial charge in [-0.05, 0) is 42.4 Å². The van der Waals surface area contributed by atoms with Gasteiger partial charge in [0.2, 0.25) is 0 Å². The number of pyridine rings is 1. The van der Waals surface area contributed by atoms with Crippen LogP contribution in [0, 0.1) is 5.92 Å². The third-order valence-corrected chi connectivity index (χ3v) is 4.14. The fourth-order valence-electron chi connectivity index (χ4n) is 2.98. The van der Waals surface area contributed by atoms with Crippen LogP contribution in [0.1, 0.15) is 29.2 Å². The van der Waals surface area contributed by atoms with Gasteiger partial charge in [-0.3, -0.25) is 4.98 Å². The Labute approximate surface area is 113 Å². The average molecular weight is 253 g/mol. The van der Waals surface area contributed by atoms with E-state index in [1.807, 2.05) is 6.07 Å². The summed E-state index contributed by atoms with van der Waals surface area (Å²) in [4.78, 5) is 4.15. The van der Waals surface area contributed by atoms with E-state index in [-0.39, 0.29) is 6.04 Å². The molecule has 98 valence electrons. The predicted octanol–water partition coefficient (Wildman–Crippen LogP) is 2.47. The minimum absolute atomic E-state index is 0.0259. The van der Waals surface area contributed by atoms with E-state index in [2.05, 4.69) is 29.2 Å². The molecule has 0 saturated heterocycles. The van der Waals surface area contributed by atoms with Crippen LogP contribution in [0.3, 0.4) is 0 Å². The first-order valence-corrected chi connectivity index (χ1v) is 6.77. The molecule has 1 aromatic carbocycles. The molecule has 1 aliphatic carbocycles. The second-order valence-electron chi connectivity index (χ2n) is 5.30. The molecule has 0 fully saturated rings. The van der Waals surface area contributed by atoms with Crippen molar-refractivity contribution in [1.29, 1.82) is 0 Å². The number of hydrogen-bond donors (Lipinski definition) is 2. The SMILES string of the molecule is Nc1ccncc1C(N)C1CCc2ccccc2C1. The molecule has 0 radical (unpaired) electrons. The van der Waals surface area contributed by atoms with Gasteiger partial charge in [0.15, 0.2) is 0 Å². The number of anilines is 1. The lowest BCUT2D eigenvalue weighted by molar-refractivity contribution is 0.382. The standard InChI is InChI=1S/C16H19N3/c17-15-7-8-19-10-14(15)16(18)13-6-5-11-3-1-2-4-12(11)9-13/h1-4,7-8,10,13,16H,5-6,9,18H2,(H2,17,19). The van der Waals surface area contributed by atoms with Crippen molar-refractivity contribution in [1.82, 2.24) is 4.98 Å². The summed E-state index contributed by atoms with van der Waals surface area (Å²) in [6.45, 7) is 0. The number of fused-ring (bicyclic) bond motifs is 1. The number of hydrogen-bond acceptors (Lipinski definition) is 3. The van der Waals surface area contributed by atoms with Gasteiger partial charge in [0.05, 0.1) is 0 Å². The molecule has 2 unspecified atom stereocenters. The normalized spacial score (nSPS) is 19.7. The Morgan fingerprint density at radius 3 is 2.74 bits per heavy atom. The Morgan fingerprint density at radius 2 is 1.95 bits per heavy atom. The lowest BCUT2D eigenvalue weighted by atomic mass is 9.78. The maximum atomic E-state index is 6.41. The third-order valence-electron chi connectivity index (χ3n) is 4.14. The van der Waals surface area contributed by atoms with Gasteiger partial charge in [-0.15, -0.1) is 0 Å². The Balaban J connectivity index is 1.83. The molecule has 2 atom stereocenters. The largest absolute Gasteiger partial charge is 0.398 e. The second-order valence-corrected chi connectivity index (χ2v) is 5.30. The van der Waals surface area contributed by atoms with Crippen LogP contribution in [0.2, 0.25) is 0 Å². The topological polar surface area (TPSA) is 64.9 Å². The number of nitrogens with zero attached hydrogens (tertiary/aromatic N) is 1. The van der Waals surface area contributed by atoms with Gasteiger partial charge in [-0.2, -0.15) is 0 Å². The molecule has 1 heterocycles. The fourth-order valence-corrected chi connectivity index (χ4v) is 2.98. The highest BCUT2D eigenvalue weighted by molar-refractivity contribution is 5.46. The van der Waals surface area contributed by atoms with Crippen molar-refractivity contribution < 1.29 is 0 Å². The molecule has 0 aliphatic heterocycles. The van der Waals surface area contributed by atoms with Crippen molar-refractivity contribution in [2.24, 2.45) is 11.7 Å². The monoisotopic (exact) mass is 253 g/mol. The van der Waals surface area contributed by atoms with Gasteiger partial charge >= 0.3 is 0 Å². The maximum absolute atomic E-state index is 6.41. The molecule has 0 spiro atoms. The molecule has 0 bridgehead atoms. The fraction of sp³-hybridized carbons (Fsp3) is 0.312. The van der Waals surface area contributed by atoms with E-state index >= 15 is 0 Å². The number of rotatable bonds is 2. The molecule has 3 heteroatoms. The van der Waals surface area contributed by atoms with Gasteiger partial charge < -0.3 is 11.5 Å². The van der Waals surface area contributed by atoms with E-state index < -0.39 is 0 Å². The van der Waals surface area contributed by atoms with Crippen molar-refractivity contribution in [2.45, 2.75) is 25.3 Å². The highest BCUT2D eigenvalue weighted by Gasteiger charge is 2.25. The van der Waals surface area contributed by atoms with E-state index in [0.717, 1.165) is 30.5 Å². The molecular formula is C16H19N3. The van der Waals surface area contributed by atoms with Gasteiger partial charge in [-0.1, -0.05) is 24.3 Å². The Bertz CT molecular complexity index is 580. The molecule has 3 rings (SSSR count). The van der Waals surface area contributed by atoms with Crippen LogP contribution in [0.15, 0.2) is 42.7 Å². The zero-order chi connectivity index (χ0) is 13.2. The summed E-state index contributed by atoms with van der Waals surface area (Å²) in [6.07, 6.45) is 6.77. The van der Waals surface area contributed by atoms with Crippen LogP contribution in [-0.4, -0.2) is 4.98 Å². The summed E-state index contributed by atoms with van der Waals surface area (Å²) >= 11 is 0. The summed E-state index contributed by atoms with van der Waals surface area (Å²) in [5.74, 6) is 0.446. The first-order chi connectivity index (χ1) is 9.25. The van der Waals surface area contributed by atoms with E-state index in [0.29, 0.717) is 5.92 Å². The molecule has 1 aliphatic rings. The van der Waals surface area contributed by atoms with E-state index in [4.69, 9.17) is 11.5 Å². The third kappa shape index (κ3) is 2.34. The zero-order valence-electron chi connectivity index (χ0n) is 10.9. The number of nitrogen functional groups attached to an aromatic ring is 1. The Hall–Kier alpha value is -1.87. The summed E-state index contributed by atoms with van der Waals surface area (Å²) in [6, 6.07) is 10.4. The lowest BCUT2D eigenvalue weighted by Crippen LogP contribution is -2.27. The first-order valence-electron chi connectivity index (χ1n) is 6.77. The van der Waals surface area contributed by atoms with Crippen LogP contribution in [-0.2, 0) is 12.8 Å². The number of nitrogens with two attached hydrogens (primary N) is 2. The molecule has 0 amide bonds. The zero-order valence-corrected chi connectivity index (χ0v) is 10.9. The maximum Gasteiger partial charge on any atom is 0.0393 e. The molecule has 0 saturated carbocycles. The van der Waals surface area contributed by atoms with Crippen LogP contribution >= 0.6 is 0 Å². The molecule has 19 heavy (non-hydrogen) atoms. The average Bonchev–Trinajstić information content (AvgIpc) is 2.46. The van der Waals surface area contributed by atoms with Crippen LogP contribution < -0.4 is 11.5 Å². The van der Waals surface area contributed by atoms with E-state index in [9.17, 15) is 0 Å². The minimum atomic E-state index is -0.0259. The molecule has 3 nitrogen and oxygen atoms in total. The van der Waals surface area contributed by atoms with E-state index in [1.54, 1.807) is 12.4 Å². The minimum Gasteiger partial charge on any atom is -0.398 e. The summed E-state index contributed by atoms with van der Waals surface area (Å²) in [7, 11) is 0. The van der Waals surface area contributed by atoms with Crippen molar-refractivity contribution in [3.63, 3.8) is 0 Å². The number of benzene rings is 1. The second kappa shape index (κ2) is 5.02. The quantitative estimate of drug-likeness (QED) is 0.864. The molecule has 1 aromatic heterocycles. The van der Waals surface area contributed by atoms with Gasteiger partial charge in [0.25, 0.3) is 0 Å². The lowest BCUT2D eigenvalue weighted by Gasteiger charge is -2.29. The van der Waals surface area contributed by atoms with Gasteiger partial charge in [-0.25, -0.2) is 0 Å². The van der Waals surface area contributed by atoms with Crippen LogP contribution in [0.25, 0.3) is 0 Å². The van der Waals surface area contributed by atoms with Crippen molar-refractivity contribution in [3.8, 4) is 0 Å². The van der Waals surface area contributed by atoms with Crippen LogP contribution in [0.4, 0.5) is 5.69 Å². The molecule has 2 aromatic rings. The highest BCUT2D eigenvalue weighted by Crippen LogP contribution is 2.34. The van der Waals surface area contributed by atoms with Gasteiger partial charge in [0, 0.05) is 29.7 Å². The molecule has 4 N–H and O–H groups in total. The predicted molar refractivity (Wildman–Crippen MR) is 77.5 cm³/mol. The first kappa shape index (κ1) is 12.2. The summed E-state index contributed by atoms with van der Waals surface area (Å²) in [5.41, 5.74) is 17.0. The smallest absolute Gasteiger partial charge is 0.0393 e. The number of aromatic nitrogens is 1.